The number of piperidine rings is 1. The molecule has 1 saturated heterocycles. The number of hydrogen-bond acceptors (Lipinski definition) is 5. The quantitative estimate of drug-likeness (QED) is 0.755. The van der Waals surface area contributed by atoms with Crippen molar-refractivity contribution in [2.45, 2.75) is 32.7 Å². The SMILES string of the molecule is Cc1nc(-c2cccnc2)nc(N2CCCC(Nc3ccccc3)C2)c1C. The van der Waals surface area contributed by atoms with Gasteiger partial charge in [0.1, 0.15) is 5.82 Å². The second-order valence-corrected chi connectivity index (χ2v) is 7.12. The highest BCUT2D eigenvalue weighted by Gasteiger charge is 2.23. The van der Waals surface area contributed by atoms with Crippen LogP contribution in [0.3, 0.4) is 0 Å². The highest BCUT2D eigenvalue weighted by atomic mass is 15.2. The molecule has 5 heteroatoms. The topological polar surface area (TPSA) is 53.9 Å². The van der Waals surface area contributed by atoms with E-state index in [4.69, 9.17) is 9.97 Å². The Kier molecular flexibility index (Phi) is 5.01. The molecule has 0 aliphatic carbocycles. The van der Waals surface area contributed by atoms with Crippen LogP contribution in [-0.2, 0) is 0 Å². The molecule has 0 amide bonds. The lowest BCUT2D eigenvalue weighted by Crippen LogP contribution is -2.43. The maximum absolute atomic E-state index is 4.92. The molecule has 27 heavy (non-hydrogen) atoms. The molecule has 1 aliphatic rings. The number of rotatable bonds is 4. The fourth-order valence-corrected chi connectivity index (χ4v) is 3.60. The van der Waals surface area contributed by atoms with Crippen molar-refractivity contribution >= 4 is 11.5 Å². The van der Waals surface area contributed by atoms with Crippen LogP contribution < -0.4 is 10.2 Å². The van der Waals surface area contributed by atoms with E-state index in [0.29, 0.717) is 6.04 Å². The van der Waals surface area contributed by atoms with E-state index in [2.05, 4.69) is 53.3 Å². The van der Waals surface area contributed by atoms with Gasteiger partial charge in [0.15, 0.2) is 5.82 Å². The lowest BCUT2D eigenvalue weighted by molar-refractivity contribution is 0.525. The van der Waals surface area contributed by atoms with E-state index in [0.717, 1.165) is 48.0 Å². The van der Waals surface area contributed by atoms with Gasteiger partial charge in [-0.25, -0.2) is 9.97 Å². The van der Waals surface area contributed by atoms with Gasteiger partial charge >= 0.3 is 0 Å². The zero-order valence-electron chi connectivity index (χ0n) is 15.9. The third-order valence-corrected chi connectivity index (χ3v) is 5.15. The van der Waals surface area contributed by atoms with Gasteiger partial charge in [0.05, 0.1) is 0 Å². The van der Waals surface area contributed by atoms with Crippen LogP contribution in [0.2, 0.25) is 0 Å². The molecule has 3 heterocycles. The number of aromatic nitrogens is 3. The third-order valence-electron chi connectivity index (χ3n) is 5.15. The van der Waals surface area contributed by atoms with Crippen LogP contribution in [-0.4, -0.2) is 34.1 Å². The maximum atomic E-state index is 4.92. The van der Waals surface area contributed by atoms with Gasteiger partial charge in [-0.1, -0.05) is 18.2 Å². The summed E-state index contributed by atoms with van der Waals surface area (Å²) in [6.07, 6.45) is 5.92. The number of pyridine rings is 1. The predicted octanol–water partition coefficient (Wildman–Crippen LogP) is 4.24. The Bertz CT molecular complexity index is 895. The molecule has 1 N–H and O–H groups in total. The van der Waals surface area contributed by atoms with E-state index in [9.17, 15) is 0 Å². The Morgan fingerprint density at radius 3 is 2.67 bits per heavy atom. The minimum Gasteiger partial charge on any atom is -0.381 e. The summed E-state index contributed by atoms with van der Waals surface area (Å²) in [4.78, 5) is 16.2. The molecular weight excluding hydrogens is 334 g/mol. The first-order valence-corrected chi connectivity index (χ1v) is 9.53. The van der Waals surface area contributed by atoms with Crippen molar-refractivity contribution in [3.8, 4) is 11.4 Å². The molecule has 3 aromatic rings. The largest absolute Gasteiger partial charge is 0.381 e. The van der Waals surface area contributed by atoms with Crippen LogP contribution >= 0.6 is 0 Å². The third kappa shape index (κ3) is 3.92. The smallest absolute Gasteiger partial charge is 0.163 e. The summed E-state index contributed by atoms with van der Waals surface area (Å²) < 4.78 is 0. The molecule has 4 rings (SSSR count). The van der Waals surface area contributed by atoms with Gasteiger partial charge in [-0.05, 0) is 51.0 Å². The van der Waals surface area contributed by atoms with Crippen molar-refractivity contribution in [1.29, 1.82) is 0 Å². The summed E-state index contributed by atoms with van der Waals surface area (Å²) >= 11 is 0. The van der Waals surface area contributed by atoms with Crippen molar-refractivity contribution in [3.63, 3.8) is 0 Å². The molecule has 138 valence electrons. The predicted molar refractivity (Wildman–Crippen MR) is 110 cm³/mol. The maximum Gasteiger partial charge on any atom is 0.163 e. The molecule has 0 bridgehead atoms. The molecule has 0 radical (unpaired) electrons. The second-order valence-electron chi connectivity index (χ2n) is 7.12. The first-order valence-electron chi connectivity index (χ1n) is 9.53. The normalized spacial score (nSPS) is 17.0. The molecule has 1 atom stereocenters. The van der Waals surface area contributed by atoms with E-state index in [1.165, 1.54) is 12.1 Å². The lowest BCUT2D eigenvalue weighted by Gasteiger charge is -2.35. The number of benzene rings is 1. The summed E-state index contributed by atoms with van der Waals surface area (Å²) in [5.41, 5.74) is 4.31. The molecule has 0 spiro atoms. The number of aryl methyl sites for hydroxylation is 1. The fraction of sp³-hybridized carbons (Fsp3) is 0.318. The first-order chi connectivity index (χ1) is 13.2. The van der Waals surface area contributed by atoms with Crippen LogP contribution in [0.4, 0.5) is 11.5 Å². The summed E-state index contributed by atoms with van der Waals surface area (Å²) in [7, 11) is 0. The van der Waals surface area contributed by atoms with Crippen LogP contribution in [0.5, 0.6) is 0 Å². The molecule has 1 fully saturated rings. The van der Waals surface area contributed by atoms with Crippen molar-refractivity contribution in [3.05, 3.63) is 66.1 Å². The Balaban J connectivity index is 1.59. The molecule has 5 nitrogen and oxygen atoms in total. The van der Waals surface area contributed by atoms with Gasteiger partial charge in [0.25, 0.3) is 0 Å². The van der Waals surface area contributed by atoms with E-state index in [1.807, 2.05) is 24.4 Å². The standard InChI is InChI=1S/C22H25N5/c1-16-17(2)24-21(18-8-6-12-23-14-18)26-22(16)27-13-7-11-20(15-27)25-19-9-4-3-5-10-19/h3-6,8-10,12,14,20,25H,7,11,13,15H2,1-2H3. The summed E-state index contributed by atoms with van der Waals surface area (Å²) in [5, 5.41) is 3.67. The van der Waals surface area contributed by atoms with E-state index < -0.39 is 0 Å². The molecule has 2 aromatic heterocycles. The molecular formula is C22H25N5. The molecule has 1 aromatic carbocycles. The minimum atomic E-state index is 0.415. The number of para-hydroxylation sites is 1. The zero-order valence-corrected chi connectivity index (χ0v) is 15.9. The molecule has 1 unspecified atom stereocenters. The minimum absolute atomic E-state index is 0.415. The van der Waals surface area contributed by atoms with E-state index in [-0.39, 0.29) is 0 Å². The monoisotopic (exact) mass is 359 g/mol. The Morgan fingerprint density at radius 2 is 1.89 bits per heavy atom. The van der Waals surface area contributed by atoms with Gasteiger partial charge in [-0.2, -0.15) is 0 Å². The van der Waals surface area contributed by atoms with Crippen LogP contribution in [0, 0.1) is 13.8 Å². The van der Waals surface area contributed by atoms with Gasteiger partial charge in [-0.3, -0.25) is 4.98 Å². The number of hydrogen-bond donors (Lipinski definition) is 1. The van der Waals surface area contributed by atoms with Gasteiger partial charge in [0, 0.05) is 54.0 Å². The van der Waals surface area contributed by atoms with Crippen molar-refractivity contribution in [2.24, 2.45) is 0 Å². The van der Waals surface area contributed by atoms with E-state index in [1.54, 1.807) is 6.20 Å². The van der Waals surface area contributed by atoms with Crippen LogP contribution in [0.25, 0.3) is 11.4 Å². The number of anilines is 2. The lowest BCUT2D eigenvalue weighted by atomic mass is 10.0. The Morgan fingerprint density at radius 1 is 1.04 bits per heavy atom. The van der Waals surface area contributed by atoms with Crippen molar-refractivity contribution in [1.82, 2.24) is 15.0 Å². The van der Waals surface area contributed by atoms with Crippen LogP contribution in [0.1, 0.15) is 24.1 Å². The van der Waals surface area contributed by atoms with Gasteiger partial charge in [0.2, 0.25) is 0 Å². The average Bonchev–Trinajstić information content (AvgIpc) is 2.71. The van der Waals surface area contributed by atoms with E-state index >= 15 is 0 Å². The van der Waals surface area contributed by atoms with Crippen molar-refractivity contribution in [2.75, 3.05) is 23.3 Å². The second kappa shape index (κ2) is 7.74. The molecule has 0 saturated carbocycles. The van der Waals surface area contributed by atoms with Crippen LogP contribution in [0.15, 0.2) is 54.9 Å². The van der Waals surface area contributed by atoms with Gasteiger partial charge in [-0.15, -0.1) is 0 Å². The highest BCUT2D eigenvalue weighted by molar-refractivity contribution is 5.60. The number of nitrogens with one attached hydrogen (secondary N) is 1. The Hall–Kier alpha value is -2.95. The van der Waals surface area contributed by atoms with Gasteiger partial charge < -0.3 is 10.2 Å². The zero-order chi connectivity index (χ0) is 18.6. The average molecular weight is 359 g/mol. The molecule has 1 aliphatic heterocycles. The summed E-state index contributed by atoms with van der Waals surface area (Å²) in [5.74, 6) is 1.79. The fourth-order valence-electron chi connectivity index (χ4n) is 3.60. The van der Waals surface area contributed by atoms with Crippen molar-refractivity contribution < 1.29 is 0 Å². The summed E-state index contributed by atoms with van der Waals surface area (Å²) in [6.45, 7) is 6.14. The highest BCUT2D eigenvalue weighted by Crippen LogP contribution is 2.27. The number of nitrogens with zero attached hydrogens (tertiary/aromatic N) is 4. The Labute approximate surface area is 160 Å². The first kappa shape index (κ1) is 17.5. The summed E-state index contributed by atoms with van der Waals surface area (Å²) in [6, 6.07) is 14.8.